The first kappa shape index (κ1) is 20.9. The molecule has 2 aromatic rings. The number of aromatic nitrogens is 2. The third-order valence-electron chi connectivity index (χ3n) is 4.75. The number of carbonyl (C=O) groups excluding carboxylic acids is 2. The summed E-state index contributed by atoms with van der Waals surface area (Å²) in [6.07, 6.45) is 6.43. The van der Waals surface area contributed by atoms with Gasteiger partial charge in [0.2, 0.25) is 0 Å². The van der Waals surface area contributed by atoms with Crippen LogP contribution in [0, 0.1) is 13.8 Å². The standard InChI is InChI=1S/C23H27N3O3/c1-17-8-7-9-20(24-17)21-15-19(14-18(2)25-21)16-29-13-6-4-3-5-12-26-22(27)10-11-23(26)28/h7-11,14-15H,3-6,12-13,16H2,1-2H3. The minimum Gasteiger partial charge on any atom is -0.377 e. The van der Waals surface area contributed by atoms with Gasteiger partial charge in [-0.15, -0.1) is 0 Å². The van der Waals surface area contributed by atoms with E-state index in [4.69, 9.17) is 4.74 Å². The van der Waals surface area contributed by atoms with Crippen LogP contribution < -0.4 is 0 Å². The lowest BCUT2D eigenvalue weighted by molar-refractivity contribution is -0.136. The number of carbonyl (C=O) groups is 2. The van der Waals surface area contributed by atoms with Crippen LogP contribution in [0.5, 0.6) is 0 Å². The zero-order chi connectivity index (χ0) is 20.6. The van der Waals surface area contributed by atoms with Gasteiger partial charge >= 0.3 is 0 Å². The highest BCUT2D eigenvalue weighted by Crippen LogP contribution is 2.18. The van der Waals surface area contributed by atoms with E-state index in [1.807, 2.05) is 44.2 Å². The van der Waals surface area contributed by atoms with Crippen molar-refractivity contribution < 1.29 is 14.3 Å². The molecular formula is C23H27N3O3. The van der Waals surface area contributed by atoms with Gasteiger partial charge in [-0.3, -0.25) is 24.5 Å². The van der Waals surface area contributed by atoms with Gasteiger partial charge in [0.15, 0.2) is 0 Å². The van der Waals surface area contributed by atoms with Gasteiger partial charge < -0.3 is 4.74 Å². The number of pyridine rings is 2. The molecule has 29 heavy (non-hydrogen) atoms. The van der Waals surface area contributed by atoms with Crippen LogP contribution in [0.4, 0.5) is 0 Å². The van der Waals surface area contributed by atoms with Crippen LogP contribution in [0.25, 0.3) is 11.4 Å². The van der Waals surface area contributed by atoms with E-state index in [2.05, 4.69) is 9.97 Å². The SMILES string of the molecule is Cc1cccc(-c2cc(COCCCCCCN3C(=O)C=CC3=O)cc(C)n2)n1. The minimum absolute atomic E-state index is 0.203. The van der Waals surface area contributed by atoms with Crippen molar-refractivity contribution in [1.29, 1.82) is 0 Å². The molecule has 3 rings (SSSR count). The summed E-state index contributed by atoms with van der Waals surface area (Å²) in [5, 5.41) is 0. The number of unbranched alkanes of at least 4 members (excludes halogenated alkanes) is 3. The van der Waals surface area contributed by atoms with Crippen LogP contribution in [-0.2, 0) is 20.9 Å². The summed E-state index contributed by atoms with van der Waals surface area (Å²) in [5.74, 6) is -0.405. The lowest BCUT2D eigenvalue weighted by atomic mass is 10.1. The average molecular weight is 393 g/mol. The molecule has 0 aromatic carbocycles. The molecule has 2 aromatic heterocycles. The van der Waals surface area contributed by atoms with Crippen molar-refractivity contribution in [2.24, 2.45) is 0 Å². The summed E-state index contributed by atoms with van der Waals surface area (Å²) in [4.78, 5) is 33.4. The number of hydrogen-bond donors (Lipinski definition) is 0. The predicted octanol–water partition coefficient (Wildman–Crippen LogP) is 3.76. The quantitative estimate of drug-likeness (QED) is 0.454. The Labute approximate surface area is 171 Å². The van der Waals surface area contributed by atoms with E-state index >= 15 is 0 Å². The zero-order valence-electron chi connectivity index (χ0n) is 17.1. The van der Waals surface area contributed by atoms with E-state index in [9.17, 15) is 9.59 Å². The molecule has 0 saturated heterocycles. The van der Waals surface area contributed by atoms with Crippen molar-refractivity contribution in [3.05, 3.63) is 59.4 Å². The number of hydrogen-bond acceptors (Lipinski definition) is 5. The third kappa shape index (κ3) is 6.06. The number of rotatable bonds is 10. The fraction of sp³-hybridized carbons (Fsp3) is 0.391. The Hall–Kier alpha value is -2.86. The van der Waals surface area contributed by atoms with Gasteiger partial charge in [-0.1, -0.05) is 18.9 Å². The van der Waals surface area contributed by atoms with E-state index < -0.39 is 0 Å². The highest BCUT2D eigenvalue weighted by Gasteiger charge is 2.22. The Bertz CT molecular complexity index is 890. The summed E-state index contributed by atoms with van der Waals surface area (Å²) < 4.78 is 5.83. The molecular weight excluding hydrogens is 366 g/mol. The molecule has 6 nitrogen and oxygen atoms in total. The van der Waals surface area contributed by atoms with E-state index in [0.29, 0.717) is 19.8 Å². The number of nitrogens with zero attached hydrogens (tertiary/aromatic N) is 3. The Kier molecular flexibility index (Phi) is 7.25. The Balaban J connectivity index is 1.36. The smallest absolute Gasteiger partial charge is 0.253 e. The summed E-state index contributed by atoms with van der Waals surface area (Å²) in [5.41, 5.74) is 4.76. The number of amides is 2. The van der Waals surface area contributed by atoms with Crippen LogP contribution in [0.3, 0.4) is 0 Å². The van der Waals surface area contributed by atoms with Crippen molar-refractivity contribution in [1.82, 2.24) is 14.9 Å². The third-order valence-corrected chi connectivity index (χ3v) is 4.75. The fourth-order valence-corrected chi connectivity index (χ4v) is 3.31. The molecule has 3 heterocycles. The van der Waals surface area contributed by atoms with Gasteiger partial charge in [0, 0.05) is 36.7 Å². The first-order valence-electron chi connectivity index (χ1n) is 10.1. The largest absolute Gasteiger partial charge is 0.377 e. The number of ether oxygens (including phenoxy) is 1. The van der Waals surface area contributed by atoms with Crippen molar-refractivity contribution in [3.63, 3.8) is 0 Å². The maximum atomic E-state index is 11.5. The van der Waals surface area contributed by atoms with Crippen molar-refractivity contribution in [2.45, 2.75) is 46.1 Å². The van der Waals surface area contributed by atoms with Gasteiger partial charge in [0.25, 0.3) is 11.8 Å². The summed E-state index contributed by atoms with van der Waals surface area (Å²) >= 11 is 0. The van der Waals surface area contributed by atoms with Crippen LogP contribution >= 0.6 is 0 Å². The van der Waals surface area contributed by atoms with E-state index in [1.165, 1.54) is 17.1 Å². The molecule has 0 radical (unpaired) electrons. The van der Waals surface area contributed by atoms with Crippen LogP contribution in [0.2, 0.25) is 0 Å². The summed E-state index contributed by atoms with van der Waals surface area (Å²) in [7, 11) is 0. The topological polar surface area (TPSA) is 72.4 Å². The Morgan fingerprint density at radius 3 is 2.34 bits per heavy atom. The maximum Gasteiger partial charge on any atom is 0.253 e. The second-order valence-electron chi connectivity index (χ2n) is 7.29. The lowest BCUT2D eigenvalue weighted by Gasteiger charge is -2.13. The second kappa shape index (κ2) is 10.1. The summed E-state index contributed by atoms with van der Waals surface area (Å²) in [6.45, 7) is 5.68. The zero-order valence-corrected chi connectivity index (χ0v) is 17.1. The maximum absolute atomic E-state index is 11.5. The van der Waals surface area contributed by atoms with Gasteiger partial charge in [-0.05, 0) is 56.5 Å². The van der Waals surface area contributed by atoms with E-state index in [0.717, 1.165) is 54.0 Å². The van der Waals surface area contributed by atoms with Gasteiger partial charge in [-0.25, -0.2) is 0 Å². The highest BCUT2D eigenvalue weighted by molar-refractivity contribution is 6.12. The van der Waals surface area contributed by atoms with Crippen molar-refractivity contribution in [2.75, 3.05) is 13.2 Å². The molecule has 0 aliphatic carbocycles. The Morgan fingerprint density at radius 2 is 1.59 bits per heavy atom. The normalized spacial score (nSPS) is 13.5. The molecule has 1 aliphatic rings. The predicted molar refractivity (Wildman–Crippen MR) is 111 cm³/mol. The first-order valence-corrected chi connectivity index (χ1v) is 10.1. The van der Waals surface area contributed by atoms with Gasteiger partial charge in [-0.2, -0.15) is 0 Å². The van der Waals surface area contributed by atoms with E-state index in [-0.39, 0.29) is 11.8 Å². The molecule has 0 unspecified atom stereocenters. The van der Waals surface area contributed by atoms with Crippen molar-refractivity contribution >= 4 is 11.8 Å². The minimum atomic E-state index is -0.203. The monoisotopic (exact) mass is 393 g/mol. The molecule has 0 fully saturated rings. The van der Waals surface area contributed by atoms with Crippen LogP contribution in [-0.4, -0.2) is 39.8 Å². The number of aryl methyl sites for hydroxylation is 2. The average Bonchev–Trinajstić information content (AvgIpc) is 3.01. The molecule has 0 bridgehead atoms. The van der Waals surface area contributed by atoms with Crippen LogP contribution in [0.1, 0.15) is 42.6 Å². The summed E-state index contributed by atoms with van der Waals surface area (Å²) in [6, 6.07) is 10.0. The van der Waals surface area contributed by atoms with E-state index in [1.54, 1.807) is 0 Å². The van der Waals surface area contributed by atoms with Gasteiger partial charge in [0.05, 0.1) is 18.0 Å². The second-order valence-corrected chi connectivity index (χ2v) is 7.29. The molecule has 0 saturated carbocycles. The first-order chi connectivity index (χ1) is 14.0. The lowest BCUT2D eigenvalue weighted by Crippen LogP contribution is -2.30. The molecule has 1 aliphatic heterocycles. The fourth-order valence-electron chi connectivity index (χ4n) is 3.31. The molecule has 0 N–H and O–H groups in total. The van der Waals surface area contributed by atoms with Crippen LogP contribution in [0.15, 0.2) is 42.5 Å². The van der Waals surface area contributed by atoms with Gasteiger partial charge in [0.1, 0.15) is 0 Å². The van der Waals surface area contributed by atoms with Crippen molar-refractivity contribution in [3.8, 4) is 11.4 Å². The Morgan fingerprint density at radius 1 is 0.862 bits per heavy atom. The molecule has 0 atom stereocenters. The molecule has 2 amide bonds. The highest BCUT2D eigenvalue weighted by atomic mass is 16.5. The molecule has 152 valence electrons. The molecule has 0 spiro atoms. The number of imide groups is 1. The molecule has 6 heteroatoms.